The number of nitrogens with zero attached hydrogens (tertiary/aromatic N) is 2. The lowest BCUT2D eigenvalue weighted by atomic mass is 10.00. The molecule has 5 rings (SSSR count). The molecular formula is C29H29N5O4. The molecule has 0 radical (unpaired) electrons. The van der Waals surface area contributed by atoms with E-state index in [9.17, 15) is 14.7 Å². The number of benzene rings is 3. The number of aromatic hydroxyl groups is 1. The monoisotopic (exact) mass is 511 g/mol. The Bertz CT molecular complexity index is 1470. The predicted molar refractivity (Wildman–Crippen MR) is 147 cm³/mol. The zero-order chi connectivity index (χ0) is 26.5. The molecule has 0 atom stereocenters. The molecule has 1 aromatic heterocycles. The maximum absolute atomic E-state index is 12.5. The summed E-state index contributed by atoms with van der Waals surface area (Å²) < 4.78 is 4.82. The topological polar surface area (TPSA) is 119 Å². The van der Waals surface area contributed by atoms with Gasteiger partial charge in [-0.25, -0.2) is 9.79 Å². The number of amides is 1. The van der Waals surface area contributed by atoms with Gasteiger partial charge in [-0.2, -0.15) is 0 Å². The van der Waals surface area contributed by atoms with Crippen molar-refractivity contribution in [2.45, 2.75) is 0 Å². The first-order chi connectivity index (χ1) is 18.5. The highest BCUT2D eigenvalue weighted by Gasteiger charge is 2.20. The number of H-pyrrole nitrogens is 1. The molecule has 0 saturated carbocycles. The molecule has 4 aromatic rings. The summed E-state index contributed by atoms with van der Waals surface area (Å²) in [6, 6.07) is 21.9. The van der Waals surface area contributed by atoms with Crippen LogP contribution >= 0.6 is 0 Å². The fourth-order valence-electron chi connectivity index (χ4n) is 4.55. The van der Waals surface area contributed by atoms with Crippen LogP contribution in [0, 0.1) is 0 Å². The quantitative estimate of drug-likeness (QED) is 0.222. The first-order valence-corrected chi connectivity index (χ1v) is 12.4. The summed E-state index contributed by atoms with van der Waals surface area (Å²) in [4.78, 5) is 34.4. The van der Waals surface area contributed by atoms with Crippen molar-refractivity contribution in [3.63, 3.8) is 0 Å². The molecule has 9 heteroatoms. The Balaban J connectivity index is 1.44. The van der Waals surface area contributed by atoms with Gasteiger partial charge in [0.2, 0.25) is 5.91 Å². The highest BCUT2D eigenvalue weighted by atomic mass is 16.5. The van der Waals surface area contributed by atoms with Gasteiger partial charge in [-0.3, -0.25) is 9.69 Å². The van der Waals surface area contributed by atoms with Crippen LogP contribution in [-0.2, 0) is 9.53 Å². The number of aromatic amines is 1. The Morgan fingerprint density at radius 1 is 1.00 bits per heavy atom. The van der Waals surface area contributed by atoms with Crippen LogP contribution in [0.15, 0.2) is 77.8 Å². The summed E-state index contributed by atoms with van der Waals surface area (Å²) >= 11 is 0. The number of esters is 1. The first-order valence-electron chi connectivity index (χ1n) is 12.4. The number of methoxy groups -OCH3 is 1. The Labute approximate surface area is 220 Å². The average Bonchev–Trinajstić information content (AvgIpc) is 3.27. The van der Waals surface area contributed by atoms with Crippen LogP contribution in [0.25, 0.3) is 10.9 Å². The molecule has 38 heavy (non-hydrogen) atoms. The van der Waals surface area contributed by atoms with Gasteiger partial charge in [0, 0.05) is 48.3 Å². The van der Waals surface area contributed by atoms with E-state index in [-0.39, 0.29) is 11.8 Å². The van der Waals surface area contributed by atoms with Crippen LogP contribution in [0.4, 0.5) is 11.4 Å². The molecule has 194 valence electrons. The molecule has 1 saturated heterocycles. The van der Waals surface area contributed by atoms with Gasteiger partial charge in [0.05, 0.1) is 36.2 Å². The van der Waals surface area contributed by atoms with Gasteiger partial charge in [0.25, 0.3) is 0 Å². The molecule has 1 fully saturated rings. The Hall–Kier alpha value is -4.47. The van der Waals surface area contributed by atoms with Gasteiger partial charge in [-0.15, -0.1) is 0 Å². The third-order valence-corrected chi connectivity index (χ3v) is 6.45. The highest BCUT2D eigenvalue weighted by molar-refractivity contribution is 6.22. The largest absolute Gasteiger partial charge is 0.494 e. The van der Waals surface area contributed by atoms with Crippen molar-refractivity contribution in [3.8, 4) is 5.88 Å². The molecule has 0 spiro atoms. The Morgan fingerprint density at radius 3 is 2.45 bits per heavy atom. The number of hydrogen-bond acceptors (Lipinski definition) is 7. The van der Waals surface area contributed by atoms with Crippen LogP contribution in [0.2, 0.25) is 0 Å². The maximum Gasteiger partial charge on any atom is 0.337 e. The lowest BCUT2D eigenvalue weighted by Gasteiger charge is -2.26. The summed E-state index contributed by atoms with van der Waals surface area (Å²) in [7, 11) is 1.33. The van der Waals surface area contributed by atoms with Crippen molar-refractivity contribution in [2.24, 2.45) is 4.99 Å². The number of ether oxygens (including phenoxy) is 1. The molecule has 1 aliphatic rings. The standard InChI is InChI=1S/C29H29N5O4/c1-38-29(37)20-7-12-23-24(17-20)33-28(36)26(23)27(19-5-3-2-4-6-19)32-22-10-8-21(9-11-22)31-25(35)18-34-15-13-30-14-16-34/h2-12,17,30,33,36H,13-16,18H2,1H3,(H,31,35). The molecular weight excluding hydrogens is 482 g/mol. The van der Waals surface area contributed by atoms with Crippen LogP contribution in [0.3, 0.4) is 0 Å². The normalized spacial score (nSPS) is 14.4. The molecule has 3 aromatic carbocycles. The van der Waals surface area contributed by atoms with Crippen LogP contribution in [-0.4, -0.2) is 72.4 Å². The Kier molecular flexibility index (Phi) is 7.48. The molecule has 1 amide bonds. The molecule has 1 aliphatic heterocycles. The molecule has 4 N–H and O–H groups in total. The third-order valence-electron chi connectivity index (χ3n) is 6.45. The fourth-order valence-corrected chi connectivity index (χ4v) is 4.55. The van der Waals surface area contributed by atoms with E-state index in [1.807, 2.05) is 54.6 Å². The van der Waals surface area contributed by atoms with E-state index in [1.165, 1.54) is 7.11 Å². The lowest BCUT2D eigenvalue weighted by molar-refractivity contribution is -0.117. The van der Waals surface area contributed by atoms with Crippen molar-refractivity contribution in [1.29, 1.82) is 0 Å². The minimum Gasteiger partial charge on any atom is -0.494 e. The smallest absolute Gasteiger partial charge is 0.337 e. The summed E-state index contributed by atoms with van der Waals surface area (Å²) in [6.07, 6.45) is 0. The van der Waals surface area contributed by atoms with Gasteiger partial charge in [-0.05, 0) is 36.4 Å². The lowest BCUT2D eigenvalue weighted by Crippen LogP contribution is -2.46. The molecule has 0 unspecified atom stereocenters. The first kappa shape index (κ1) is 25.2. The second kappa shape index (κ2) is 11.3. The van der Waals surface area contributed by atoms with Crippen molar-refractivity contribution in [3.05, 3.63) is 89.5 Å². The fraction of sp³-hybridized carbons (Fsp3) is 0.207. The summed E-state index contributed by atoms with van der Waals surface area (Å²) in [5, 5.41) is 17.8. The molecule has 0 aliphatic carbocycles. The predicted octanol–water partition coefficient (Wildman–Crippen LogP) is 3.67. The highest BCUT2D eigenvalue weighted by Crippen LogP contribution is 2.32. The number of carbonyl (C=O) groups excluding carboxylic acids is 2. The van der Waals surface area contributed by atoms with E-state index in [2.05, 4.69) is 20.5 Å². The number of piperazine rings is 1. The molecule has 2 heterocycles. The molecule has 9 nitrogen and oxygen atoms in total. The van der Waals surface area contributed by atoms with E-state index >= 15 is 0 Å². The number of aliphatic imine (C=N–C) groups is 1. The minimum atomic E-state index is -0.459. The third kappa shape index (κ3) is 5.59. The van der Waals surface area contributed by atoms with Gasteiger partial charge >= 0.3 is 5.97 Å². The summed E-state index contributed by atoms with van der Waals surface area (Å²) in [5.41, 5.74) is 4.22. The molecule has 0 bridgehead atoms. The number of aromatic nitrogens is 1. The van der Waals surface area contributed by atoms with Crippen LogP contribution in [0.5, 0.6) is 5.88 Å². The van der Waals surface area contributed by atoms with Crippen molar-refractivity contribution < 1.29 is 19.4 Å². The van der Waals surface area contributed by atoms with Crippen molar-refractivity contribution in [1.82, 2.24) is 15.2 Å². The zero-order valence-electron chi connectivity index (χ0n) is 21.0. The number of fused-ring (bicyclic) bond motifs is 1. The van der Waals surface area contributed by atoms with E-state index in [0.29, 0.717) is 40.3 Å². The second-order valence-electron chi connectivity index (χ2n) is 9.05. The average molecular weight is 512 g/mol. The second-order valence-corrected chi connectivity index (χ2v) is 9.05. The number of carbonyl (C=O) groups is 2. The van der Waals surface area contributed by atoms with E-state index in [0.717, 1.165) is 37.1 Å². The van der Waals surface area contributed by atoms with Crippen LogP contribution < -0.4 is 10.6 Å². The maximum atomic E-state index is 12.5. The number of rotatable bonds is 7. The minimum absolute atomic E-state index is 0.0526. The number of nitrogens with one attached hydrogen (secondary N) is 3. The van der Waals surface area contributed by atoms with Crippen LogP contribution in [0.1, 0.15) is 21.5 Å². The van der Waals surface area contributed by atoms with Gasteiger partial charge < -0.3 is 25.5 Å². The summed E-state index contributed by atoms with van der Waals surface area (Å²) in [6.45, 7) is 3.85. The van der Waals surface area contributed by atoms with E-state index in [4.69, 9.17) is 9.73 Å². The van der Waals surface area contributed by atoms with Crippen molar-refractivity contribution in [2.75, 3.05) is 45.2 Å². The van der Waals surface area contributed by atoms with E-state index in [1.54, 1.807) is 18.2 Å². The van der Waals surface area contributed by atoms with Gasteiger partial charge in [0.15, 0.2) is 5.88 Å². The number of hydrogen-bond donors (Lipinski definition) is 4. The Morgan fingerprint density at radius 2 is 1.74 bits per heavy atom. The zero-order valence-corrected chi connectivity index (χ0v) is 21.0. The SMILES string of the molecule is COC(=O)c1ccc2c(C(=Nc3ccc(NC(=O)CN4CCNCC4)cc3)c3ccccc3)c(O)[nH]c2c1. The van der Waals surface area contributed by atoms with Crippen molar-refractivity contribution >= 4 is 39.9 Å². The van der Waals surface area contributed by atoms with Gasteiger partial charge in [0.1, 0.15) is 0 Å². The van der Waals surface area contributed by atoms with E-state index < -0.39 is 5.97 Å². The summed E-state index contributed by atoms with van der Waals surface area (Å²) in [5.74, 6) is -0.566. The number of anilines is 1. The van der Waals surface area contributed by atoms with Gasteiger partial charge in [-0.1, -0.05) is 36.4 Å².